The Hall–Kier alpha value is -7.50. The largest absolute Gasteiger partial charge is 0.310 e. The lowest BCUT2D eigenvalue weighted by Gasteiger charge is -2.30. The van der Waals surface area contributed by atoms with E-state index in [0.29, 0.717) is 0 Å². The van der Waals surface area contributed by atoms with Crippen LogP contribution in [-0.2, 0) is 0 Å². The first-order valence-corrected chi connectivity index (χ1v) is 22.6. The first kappa shape index (κ1) is 36.4. The Kier molecular flexibility index (Phi) is 8.91. The van der Waals surface area contributed by atoms with Gasteiger partial charge in [-0.3, -0.25) is 0 Å². The van der Waals surface area contributed by atoms with Gasteiger partial charge in [0.1, 0.15) is 0 Å². The highest BCUT2D eigenvalue weighted by molar-refractivity contribution is 7.26. The molecule has 292 valence electrons. The minimum absolute atomic E-state index is 1.10. The second kappa shape index (κ2) is 15.2. The number of benzene rings is 10. The zero-order valence-electron chi connectivity index (χ0n) is 33.7. The number of hydrogen-bond donors (Lipinski definition) is 0. The molecule has 0 aliphatic heterocycles. The second-order valence-electron chi connectivity index (χ2n) is 15.7. The molecule has 0 N–H and O–H groups in total. The zero-order valence-corrected chi connectivity index (χ0v) is 35.3. The van der Waals surface area contributed by atoms with Crippen LogP contribution < -0.4 is 9.80 Å². The Labute approximate surface area is 368 Å². The Bertz CT molecular complexity index is 3560. The van der Waals surface area contributed by atoms with Gasteiger partial charge in [0.15, 0.2) is 0 Å². The van der Waals surface area contributed by atoms with Crippen LogP contribution in [0.15, 0.2) is 231 Å². The Morgan fingerprint density at radius 3 is 1.48 bits per heavy atom. The predicted molar refractivity (Wildman–Crippen MR) is 270 cm³/mol. The maximum Gasteiger partial charge on any atom is 0.0640 e. The van der Waals surface area contributed by atoms with E-state index in [1.54, 1.807) is 0 Å². The highest BCUT2D eigenvalue weighted by atomic mass is 32.1. The SMILES string of the molecule is c1ccc(-c2ccc(N(c3cc(N(c4ccccc4)c4ccc(-c5ccccc5)cc4)c4c(c3)sc3ccc5ccccc5c34)c3cccc4c3sc3ccccc34)cc2)cc1. The average Bonchev–Trinajstić information content (AvgIpc) is 3.93. The summed E-state index contributed by atoms with van der Waals surface area (Å²) in [6.07, 6.45) is 0. The lowest BCUT2D eigenvalue weighted by molar-refractivity contribution is 1.27. The number of para-hydroxylation sites is 1. The quantitative estimate of drug-likeness (QED) is 0.151. The molecule has 0 spiro atoms. The van der Waals surface area contributed by atoms with Crippen LogP contribution in [0.1, 0.15) is 0 Å². The lowest BCUT2D eigenvalue weighted by Crippen LogP contribution is -2.13. The van der Waals surface area contributed by atoms with Crippen molar-refractivity contribution in [2.24, 2.45) is 0 Å². The smallest absolute Gasteiger partial charge is 0.0640 e. The number of rotatable bonds is 8. The van der Waals surface area contributed by atoms with Crippen molar-refractivity contribution in [2.45, 2.75) is 0 Å². The van der Waals surface area contributed by atoms with Crippen LogP contribution in [-0.4, -0.2) is 0 Å². The number of thiophene rings is 2. The van der Waals surface area contributed by atoms with Gasteiger partial charge in [0, 0.05) is 58.4 Å². The maximum atomic E-state index is 2.49. The predicted octanol–water partition coefficient (Wildman–Crippen LogP) is 17.8. The van der Waals surface area contributed by atoms with Gasteiger partial charge in [0.2, 0.25) is 0 Å². The molecule has 12 aromatic rings. The second-order valence-corrected chi connectivity index (χ2v) is 17.8. The fourth-order valence-electron chi connectivity index (χ4n) is 9.14. The standard InChI is InChI=1S/C58H38N2S2/c1-4-15-39(16-5-1)41-27-32-45(33-28-41)59(44-20-8-3-9-21-44)52-37-47(38-55-57(52)56-48-22-11-10-19-43(48)31-36-54(56)61-55)60(46-34-29-42(30-35-46)40-17-6-2-7-18-40)51-25-14-24-50-49-23-12-13-26-53(49)62-58(50)51/h1-38H. The van der Waals surface area contributed by atoms with Crippen molar-refractivity contribution in [1.29, 1.82) is 0 Å². The Balaban J connectivity index is 1.16. The van der Waals surface area contributed by atoms with Gasteiger partial charge >= 0.3 is 0 Å². The van der Waals surface area contributed by atoms with Crippen molar-refractivity contribution in [3.63, 3.8) is 0 Å². The van der Waals surface area contributed by atoms with Gasteiger partial charge < -0.3 is 9.80 Å². The molecule has 10 aromatic carbocycles. The molecular formula is C58H38N2S2. The minimum atomic E-state index is 1.10. The van der Waals surface area contributed by atoms with E-state index in [2.05, 4.69) is 240 Å². The molecule has 2 heterocycles. The Morgan fingerprint density at radius 2 is 0.806 bits per heavy atom. The molecular weight excluding hydrogens is 789 g/mol. The molecule has 62 heavy (non-hydrogen) atoms. The Morgan fingerprint density at radius 1 is 0.274 bits per heavy atom. The van der Waals surface area contributed by atoms with Gasteiger partial charge in [-0.05, 0) is 99.8 Å². The topological polar surface area (TPSA) is 6.48 Å². The maximum absolute atomic E-state index is 2.49. The van der Waals surface area contributed by atoms with Crippen molar-refractivity contribution >= 4 is 108 Å². The van der Waals surface area contributed by atoms with Crippen LogP contribution in [0, 0.1) is 0 Å². The minimum Gasteiger partial charge on any atom is -0.310 e. The molecule has 0 unspecified atom stereocenters. The lowest BCUT2D eigenvalue weighted by atomic mass is 10.0. The summed E-state index contributed by atoms with van der Waals surface area (Å²) >= 11 is 3.75. The molecule has 2 aromatic heterocycles. The van der Waals surface area contributed by atoms with Crippen LogP contribution >= 0.6 is 22.7 Å². The van der Waals surface area contributed by atoms with Crippen molar-refractivity contribution in [1.82, 2.24) is 0 Å². The summed E-state index contributed by atoms with van der Waals surface area (Å²) < 4.78 is 5.06. The van der Waals surface area contributed by atoms with Crippen LogP contribution in [0.3, 0.4) is 0 Å². The zero-order chi connectivity index (χ0) is 41.0. The van der Waals surface area contributed by atoms with Crippen LogP contribution in [0.2, 0.25) is 0 Å². The van der Waals surface area contributed by atoms with E-state index in [1.165, 1.54) is 73.4 Å². The fourth-order valence-corrected chi connectivity index (χ4v) is 11.5. The molecule has 12 rings (SSSR count). The number of nitrogens with zero attached hydrogens (tertiary/aromatic N) is 2. The first-order valence-electron chi connectivity index (χ1n) is 21.0. The van der Waals surface area contributed by atoms with E-state index in [-0.39, 0.29) is 0 Å². The van der Waals surface area contributed by atoms with Gasteiger partial charge in [-0.1, -0.05) is 164 Å². The summed E-state index contributed by atoms with van der Waals surface area (Å²) in [6, 6.07) is 84.2. The van der Waals surface area contributed by atoms with E-state index in [1.807, 2.05) is 22.7 Å². The van der Waals surface area contributed by atoms with Gasteiger partial charge in [-0.25, -0.2) is 0 Å². The van der Waals surface area contributed by atoms with E-state index >= 15 is 0 Å². The molecule has 4 heteroatoms. The normalized spacial score (nSPS) is 11.5. The van der Waals surface area contributed by atoms with Gasteiger partial charge in [0.25, 0.3) is 0 Å². The highest BCUT2D eigenvalue weighted by Crippen LogP contribution is 2.52. The van der Waals surface area contributed by atoms with E-state index in [9.17, 15) is 0 Å². The fraction of sp³-hybridized carbons (Fsp3) is 0. The molecule has 0 aliphatic carbocycles. The third-order valence-corrected chi connectivity index (χ3v) is 14.3. The van der Waals surface area contributed by atoms with Crippen molar-refractivity contribution in [3.8, 4) is 22.3 Å². The van der Waals surface area contributed by atoms with Crippen LogP contribution in [0.4, 0.5) is 34.1 Å². The molecule has 0 bridgehead atoms. The number of fused-ring (bicyclic) bond motifs is 8. The molecule has 0 fully saturated rings. The summed E-state index contributed by atoms with van der Waals surface area (Å²) in [4.78, 5) is 4.95. The summed E-state index contributed by atoms with van der Waals surface area (Å²) in [7, 11) is 0. The molecule has 0 amide bonds. The average molecular weight is 827 g/mol. The van der Waals surface area contributed by atoms with Crippen molar-refractivity contribution in [2.75, 3.05) is 9.80 Å². The van der Waals surface area contributed by atoms with Gasteiger partial charge in [-0.2, -0.15) is 0 Å². The third-order valence-electron chi connectivity index (χ3n) is 12.0. The molecule has 2 nitrogen and oxygen atoms in total. The monoisotopic (exact) mass is 826 g/mol. The summed E-state index contributed by atoms with van der Waals surface area (Å²) in [6.45, 7) is 0. The van der Waals surface area contributed by atoms with Crippen LogP contribution in [0.5, 0.6) is 0 Å². The highest BCUT2D eigenvalue weighted by Gasteiger charge is 2.25. The molecule has 0 radical (unpaired) electrons. The summed E-state index contributed by atoms with van der Waals surface area (Å²) in [5, 5.41) is 7.60. The van der Waals surface area contributed by atoms with E-state index < -0.39 is 0 Å². The van der Waals surface area contributed by atoms with Gasteiger partial charge in [-0.15, -0.1) is 22.7 Å². The van der Waals surface area contributed by atoms with Crippen LogP contribution in [0.25, 0.3) is 73.4 Å². The molecule has 0 atom stereocenters. The first-order chi connectivity index (χ1) is 30.7. The number of anilines is 6. The molecule has 0 saturated carbocycles. The molecule has 0 saturated heterocycles. The van der Waals surface area contributed by atoms with E-state index in [0.717, 1.165) is 34.1 Å². The van der Waals surface area contributed by atoms with E-state index in [4.69, 9.17) is 0 Å². The third kappa shape index (κ3) is 6.23. The van der Waals surface area contributed by atoms with Crippen molar-refractivity contribution in [3.05, 3.63) is 231 Å². The summed E-state index contributed by atoms with van der Waals surface area (Å²) in [5.41, 5.74) is 11.5. The number of hydrogen-bond acceptors (Lipinski definition) is 4. The summed E-state index contributed by atoms with van der Waals surface area (Å²) in [5.74, 6) is 0. The van der Waals surface area contributed by atoms with Crippen molar-refractivity contribution < 1.29 is 0 Å². The van der Waals surface area contributed by atoms with Gasteiger partial charge in [0.05, 0.1) is 16.1 Å². The molecule has 0 aliphatic rings.